The first-order valence-corrected chi connectivity index (χ1v) is 6.84. The minimum absolute atomic E-state index is 0.262. The van der Waals surface area contributed by atoms with E-state index in [0.29, 0.717) is 19.5 Å². The molecule has 0 saturated carbocycles. The van der Waals surface area contributed by atoms with Crippen LogP contribution in [0.4, 0.5) is 4.79 Å². The summed E-state index contributed by atoms with van der Waals surface area (Å²) in [5.74, 6) is -0.954. The third kappa shape index (κ3) is 6.47. The van der Waals surface area contributed by atoms with Gasteiger partial charge >= 0.3 is 12.0 Å². The first-order valence-electron chi connectivity index (χ1n) is 6.84. The fourth-order valence-corrected chi connectivity index (χ4v) is 1.76. The van der Waals surface area contributed by atoms with Gasteiger partial charge in [-0.05, 0) is 19.3 Å². The fraction of sp³-hybridized carbons (Fsp3) is 0.846. The van der Waals surface area contributed by atoms with Crippen molar-refractivity contribution in [2.45, 2.75) is 58.9 Å². The van der Waals surface area contributed by atoms with Gasteiger partial charge in [0, 0.05) is 13.1 Å². The number of unbranched alkanes of at least 4 members (excludes halogenated alkanes) is 1. The van der Waals surface area contributed by atoms with Crippen LogP contribution in [0.3, 0.4) is 0 Å². The number of hydrogen-bond acceptors (Lipinski definition) is 2. The second-order valence-electron chi connectivity index (χ2n) is 4.47. The number of carbonyl (C=O) groups is 2. The van der Waals surface area contributed by atoms with Crippen LogP contribution >= 0.6 is 0 Å². The molecule has 106 valence electrons. The van der Waals surface area contributed by atoms with Crippen molar-refractivity contribution in [2.24, 2.45) is 0 Å². The molecule has 1 atom stereocenters. The van der Waals surface area contributed by atoms with Crippen molar-refractivity contribution in [1.29, 1.82) is 0 Å². The van der Waals surface area contributed by atoms with E-state index in [1.54, 1.807) is 4.90 Å². The van der Waals surface area contributed by atoms with Crippen LogP contribution in [-0.4, -0.2) is 41.1 Å². The average molecular weight is 258 g/mol. The van der Waals surface area contributed by atoms with Gasteiger partial charge in [-0.2, -0.15) is 0 Å². The summed E-state index contributed by atoms with van der Waals surface area (Å²) in [4.78, 5) is 24.7. The number of carboxylic acid groups (broad SMARTS) is 1. The number of rotatable bonds is 9. The van der Waals surface area contributed by atoms with Gasteiger partial charge in [0.25, 0.3) is 0 Å². The topological polar surface area (TPSA) is 69.6 Å². The average Bonchev–Trinajstić information content (AvgIpc) is 2.33. The van der Waals surface area contributed by atoms with E-state index < -0.39 is 12.0 Å². The second-order valence-corrected chi connectivity index (χ2v) is 4.47. The third-order valence-corrected chi connectivity index (χ3v) is 2.72. The van der Waals surface area contributed by atoms with Gasteiger partial charge in [0.15, 0.2) is 0 Å². The van der Waals surface area contributed by atoms with Crippen LogP contribution in [0.15, 0.2) is 0 Å². The predicted molar refractivity (Wildman–Crippen MR) is 71.6 cm³/mol. The number of nitrogens with zero attached hydrogens (tertiary/aromatic N) is 1. The molecule has 5 nitrogen and oxygen atoms in total. The van der Waals surface area contributed by atoms with Crippen molar-refractivity contribution in [2.75, 3.05) is 13.1 Å². The van der Waals surface area contributed by atoms with Gasteiger partial charge in [0.05, 0.1) is 0 Å². The van der Waals surface area contributed by atoms with Crippen molar-refractivity contribution in [1.82, 2.24) is 10.2 Å². The Labute approximate surface area is 110 Å². The van der Waals surface area contributed by atoms with E-state index >= 15 is 0 Å². The van der Waals surface area contributed by atoms with Gasteiger partial charge in [-0.3, -0.25) is 0 Å². The van der Waals surface area contributed by atoms with Crippen molar-refractivity contribution >= 4 is 12.0 Å². The fourth-order valence-electron chi connectivity index (χ4n) is 1.76. The highest BCUT2D eigenvalue weighted by Crippen LogP contribution is 2.03. The van der Waals surface area contributed by atoms with Crippen LogP contribution < -0.4 is 5.32 Å². The maximum atomic E-state index is 12.0. The minimum atomic E-state index is -0.954. The highest BCUT2D eigenvalue weighted by Gasteiger charge is 2.21. The van der Waals surface area contributed by atoms with Crippen LogP contribution in [0.1, 0.15) is 52.9 Å². The molecule has 0 aliphatic rings. The molecule has 0 saturated heterocycles. The number of hydrogen-bond donors (Lipinski definition) is 2. The molecule has 0 heterocycles. The van der Waals surface area contributed by atoms with E-state index in [1.807, 2.05) is 20.8 Å². The standard InChI is InChI=1S/C13H26N2O3/c1-4-7-8-11(12(16)17)14-13(18)15(9-5-2)10-6-3/h11H,4-10H2,1-3H3,(H,14,18)(H,16,17). The molecule has 0 rings (SSSR count). The molecule has 2 N–H and O–H groups in total. The largest absolute Gasteiger partial charge is 0.480 e. The summed E-state index contributed by atoms with van der Waals surface area (Å²) in [6.45, 7) is 7.34. The van der Waals surface area contributed by atoms with Crippen LogP contribution in [0.5, 0.6) is 0 Å². The zero-order valence-electron chi connectivity index (χ0n) is 11.7. The Kier molecular flexibility index (Phi) is 9.06. The molecule has 0 aliphatic heterocycles. The predicted octanol–water partition coefficient (Wildman–Crippen LogP) is 2.46. The van der Waals surface area contributed by atoms with E-state index in [2.05, 4.69) is 5.32 Å². The number of carbonyl (C=O) groups excluding carboxylic acids is 1. The van der Waals surface area contributed by atoms with E-state index in [1.165, 1.54) is 0 Å². The minimum Gasteiger partial charge on any atom is -0.480 e. The zero-order valence-corrected chi connectivity index (χ0v) is 11.7. The van der Waals surface area contributed by atoms with E-state index in [9.17, 15) is 9.59 Å². The summed E-state index contributed by atoms with van der Waals surface area (Å²) >= 11 is 0. The highest BCUT2D eigenvalue weighted by molar-refractivity contribution is 5.82. The summed E-state index contributed by atoms with van der Waals surface area (Å²) in [6, 6.07) is -1.03. The molecule has 0 spiro atoms. The maximum absolute atomic E-state index is 12.0. The van der Waals surface area contributed by atoms with Gasteiger partial charge in [0.2, 0.25) is 0 Å². The molecule has 2 amide bonds. The van der Waals surface area contributed by atoms with Crippen LogP contribution in [-0.2, 0) is 4.79 Å². The Balaban J connectivity index is 4.39. The lowest BCUT2D eigenvalue weighted by molar-refractivity contribution is -0.139. The lowest BCUT2D eigenvalue weighted by atomic mass is 10.1. The summed E-state index contributed by atoms with van der Waals surface area (Å²) in [5.41, 5.74) is 0. The lowest BCUT2D eigenvalue weighted by Gasteiger charge is -2.24. The van der Waals surface area contributed by atoms with Crippen molar-refractivity contribution in [3.8, 4) is 0 Å². The Bertz CT molecular complexity index is 251. The molecule has 0 bridgehead atoms. The van der Waals surface area contributed by atoms with Gasteiger partial charge in [0.1, 0.15) is 6.04 Å². The number of carboxylic acids is 1. The van der Waals surface area contributed by atoms with E-state index in [-0.39, 0.29) is 6.03 Å². The molecule has 0 radical (unpaired) electrons. The molecule has 1 unspecified atom stereocenters. The molecule has 0 aromatic rings. The molecule has 0 aromatic carbocycles. The monoisotopic (exact) mass is 258 g/mol. The molecule has 0 aromatic heterocycles. The molecule has 18 heavy (non-hydrogen) atoms. The summed E-state index contributed by atoms with van der Waals surface area (Å²) in [7, 11) is 0. The van der Waals surface area contributed by atoms with Crippen LogP contribution in [0.2, 0.25) is 0 Å². The van der Waals surface area contributed by atoms with Gasteiger partial charge in [-0.15, -0.1) is 0 Å². The number of nitrogens with one attached hydrogen (secondary N) is 1. The number of aliphatic carboxylic acids is 1. The first-order chi connectivity index (χ1) is 8.56. The Morgan fingerprint density at radius 1 is 1.11 bits per heavy atom. The van der Waals surface area contributed by atoms with Crippen LogP contribution in [0, 0.1) is 0 Å². The smallest absolute Gasteiger partial charge is 0.326 e. The van der Waals surface area contributed by atoms with Gasteiger partial charge in [-0.25, -0.2) is 9.59 Å². The molecule has 0 aliphatic carbocycles. The third-order valence-electron chi connectivity index (χ3n) is 2.72. The number of urea groups is 1. The molecular formula is C13H26N2O3. The highest BCUT2D eigenvalue weighted by atomic mass is 16.4. The van der Waals surface area contributed by atoms with E-state index in [0.717, 1.165) is 25.7 Å². The van der Waals surface area contributed by atoms with Crippen molar-refractivity contribution < 1.29 is 14.7 Å². The lowest BCUT2D eigenvalue weighted by Crippen LogP contribution is -2.48. The normalized spacial score (nSPS) is 11.9. The summed E-state index contributed by atoms with van der Waals surface area (Å²) < 4.78 is 0. The zero-order chi connectivity index (χ0) is 14.0. The Hall–Kier alpha value is -1.26. The van der Waals surface area contributed by atoms with E-state index in [4.69, 9.17) is 5.11 Å². The molecule has 0 fully saturated rings. The van der Waals surface area contributed by atoms with Crippen LogP contribution in [0.25, 0.3) is 0 Å². The first kappa shape index (κ1) is 16.7. The second kappa shape index (κ2) is 9.74. The summed E-state index contributed by atoms with van der Waals surface area (Å²) in [6.07, 6.45) is 3.97. The van der Waals surface area contributed by atoms with Crippen molar-refractivity contribution in [3.63, 3.8) is 0 Å². The van der Waals surface area contributed by atoms with Crippen molar-refractivity contribution in [3.05, 3.63) is 0 Å². The SMILES string of the molecule is CCCCC(NC(=O)N(CCC)CCC)C(=O)O. The molecule has 5 heteroatoms. The Morgan fingerprint density at radius 3 is 2.06 bits per heavy atom. The molecular weight excluding hydrogens is 232 g/mol. The van der Waals surface area contributed by atoms with Gasteiger partial charge < -0.3 is 15.3 Å². The maximum Gasteiger partial charge on any atom is 0.326 e. The van der Waals surface area contributed by atoms with Gasteiger partial charge in [-0.1, -0.05) is 33.6 Å². The quantitative estimate of drug-likeness (QED) is 0.667. The summed E-state index contributed by atoms with van der Waals surface area (Å²) in [5, 5.41) is 11.7. The Morgan fingerprint density at radius 2 is 1.67 bits per heavy atom. The number of amides is 2.